The number of anilines is 2. The number of aromatic amines is 1. The number of aryl methyl sites for hydroxylation is 1. The van der Waals surface area contributed by atoms with E-state index in [1.165, 1.54) is 0 Å². The number of carbonyl (C=O) groups is 1. The van der Waals surface area contributed by atoms with Gasteiger partial charge in [0.2, 0.25) is 0 Å². The van der Waals surface area contributed by atoms with Gasteiger partial charge in [-0.25, -0.2) is 0 Å². The summed E-state index contributed by atoms with van der Waals surface area (Å²) in [5.41, 5.74) is 5.78. The van der Waals surface area contributed by atoms with E-state index in [-0.39, 0.29) is 12.0 Å². The molecular weight excluding hydrogens is 432 g/mol. The number of nitrogens with zero attached hydrogens (tertiary/aromatic N) is 3. The highest BCUT2D eigenvalue weighted by Gasteiger charge is 2.29. The first-order valence-corrected chi connectivity index (χ1v) is 11.6. The van der Waals surface area contributed by atoms with Crippen molar-refractivity contribution in [3.8, 4) is 17.0 Å². The molecule has 0 radical (unpaired) electrons. The second-order valence-electron chi connectivity index (χ2n) is 8.68. The Balaban J connectivity index is 1.44. The van der Waals surface area contributed by atoms with Crippen LogP contribution in [0.1, 0.15) is 28.9 Å². The summed E-state index contributed by atoms with van der Waals surface area (Å²) in [7, 11) is 1.91. The second-order valence-corrected chi connectivity index (χ2v) is 8.68. The van der Waals surface area contributed by atoms with Crippen LogP contribution in [-0.2, 0) is 18.2 Å². The lowest BCUT2D eigenvalue weighted by Gasteiger charge is -2.17. The van der Waals surface area contributed by atoms with Crippen molar-refractivity contribution in [1.29, 1.82) is 0 Å². The average molecular weight is 459 g/mol. The number of hydrogen-bond acceptors (Lipinski definition) is 6. The van der Waals surface area contributed by atoms with Gasteiger partial charge in [0.15, 0.2) is 0 Å². The molecule has 174 valence electrons. The summed E-state index contributed by atoms with van der Waals surface area (Å²) in [6, 6.07) is 7.91. The van der Waals surface area contributed by atoms with E-state index >= 15 is 0 Å². The van der Waals surface area contributed by atoms with E-state index in [2.05, 4.69) is 25.7 Å². The molecule has 1 aromatic carbocycles. The second kappa shape index (κ2) is 8.49. The van der Waals surface area contributed by atoms with Crippen LogP contribution in [0.15, 0.2) is 42.9 Å². The van der Waals surface area contributed by atoms with Crippen molar-refractivity contribution in [2.45, 2.75) is 25.4 Å². The highest BCUT2D eigenvalue weighted by atomic mass is 16.5. The Kier molecular flexibility index (Phi) is 5.18. The summed E-state index contributed by atoms with van der Waals surface area (Å²) in [5, 5.41) is 11.9. The first-order chi connectivity index (χ1) is 16.7. The van der Waals surface area contributed by atoms with Gasteiger partial charge in [-0.2, -0.15) is 5.10 Å². The van der Waals surface area contributed by atoms with Crippen molar-refractivity contribution in [1.82, 2.24) is 25.1 Å². The zero-order valence-electron chi connectivity index (χ0n) is 18.9. The lowest BCUT2D eigenvalue weighted by molar-refractivity contribution is 0.0680. The van der Waals surface area contributed by atoms with Gasteiger partial charge in [-0.15, -0.1) is 0 Å². The van der Waals surface area contributed by atoms with Crippen LogP contribution in [0.2, 0.25) is 0 Å². The molecule has 5 heterocycles. The molecule has 1 amide bonds. The fourth-order valence-corrected chi connectivity index (χ4v) is 4.79. The van der Waals surface area contributed by atoms with E-state index < -0.39 is 0 Å². The van der Waals surface area contributed by atoms with Crippen LogP contribution in [0.4, 0.5) is 11.4 Å². The third kappa shape index (κ3) is 3.58. The average Bonchev–Trinajstić information content (AvgIpc) is 3.59. The molecule has 34 heavy (non-hydrogen) atoms. The highest BCUT2D eigenvalue weighted by Crippen LogP contribution is 2.41. The molecule has 1 fully saturated rings. The summed E-state index contributed by atoms with van der Waals surface area (Å²) < 4.78 is 13.7. The molecule has 0 saturated carbocycles. The number of ether oxygens (including phenoxy) is 2. The Morgan fingerprint density at radius 2 is 2.24 bits per heavy atom. The summed E-state index contributed by atoms with van der Waals surface area (Å²) >= 11 is 0. The third-order valence-corrected chi connectivity index (χ3v) is 6.52. The molecule has 1 atom stereocenters. The molecule has 3 N–H and O–H groups in total. The maximum absolute atomic E-state index is 12.9. The Morgan fingerprint density at radius 1 is 1.29 bits per heavy atom. The van der Waals surface area contributed by atoms with Gasteiger partial charge in [-0.05, 0) is 31.0 Å². The van der Waals surface area contributed by atoms with Crippen molar-refractivity contribution in [3.05, 3.63) is 54.1 Å². The lowest BCUT2D eigenvalue weighted by Crippen LogP contribution is -2.31. The number of nitrogens with one attached hydrogen (secondary N) is 3. The maximum atomic E-state index is 12.9. The zero-order chi connectivity index (χ0) is 23.1. The van der Waals surface area contributed by atoms with Gasteiger partial charge < -0.3 is 25.1 Å². The molecule has 0 bridgehead atoms. The quantitative estimate of drug-likeness (QED) is 0.408. The van der Waals surface area contributed by atoms with Gasteiger partial charge in [-0.1, -0.05) is 6.07 Å². The fourth-order valence-electron chi connectivity index (χ4n) is 4.79. The molecule has 6 rings (SSSR count). The molecule has 1 unspecified atom stereocenters. The smallest absolute Gasteiger partial charge is 0.255 e. The summed E-state index contributed by atoms with van der Waals surface area (Å²) in [6.07, 6.45) is 8.16. The van der Waals surface area contributed by atoms with Crippen molar-refractivity contribution in [3.63, 3.8) is 0 Å². The van der Waals surface area contributed by atoms with Gasteiger partial charge in [0.05, 0.1) is 41.0 Å². The monoisotopic (exact) mass is 458 g/mol. The topological polar surface area (TPSA) is 106 Å². The lowest BCUT2D eigenvalue weighted by atomic mass is 10.0. The van der Waals surface area contributed by atoms with Crippen LogP contribution in [0.25, 0.3) is 22.2 Å². The van der Waals surface area contributed by atoms with Gasteiger partial charge >= 0.3 is 0 Å². The maximum Gasteiger partial charge on any atom is 0.255 e. The number of amides is 1. The van der Waals surface area contributed by atoms with E-state index in [0.717, 1.165) is 65.1 Å². The number of hydrogen-bond donors (Lipinski definition) is 3. The molecule has 9 nitrogen and oxygen atoms in total. The number of pyridine rings is 1. The molecular formula is C25H26N6O3. The zero-order valence-corrected chi connectivity index (χ0v) is 18.9. The van der Waals surface area contributed by atoms with Gasteiger partial charge in [0.1, 0.15) is 12.4 Å². The van der Waals surface area contributed by atoms with Crippen LogP contribution >= 0.6 is 0 Å². The minimum absolute atomic E-state index is 0.0939. The van der Waals surface area contributed by atoms with Gasteiger partial charge in [0, 0.05) is 55.1 Å². The Labute approximate surface area is 196 Å². The van der Waals surface area contributed by atoms with Crippen LogP contribution in [-0.4, -0.2) is 51.5 Å². The number of fused-ring (bicyclic) bond motifs is 2. The molecule has 3 aromatic heterocycles. The molecule has 0 spiro atoms. The SMILES string of the molecule is Cn1ncc2c(Nc3c(-c4ccncc4OCC4CCCO4)[nH]c4c3C(=O)NCC4)cccc21. The number of aromatic nitrogens is 4. The Bertz CT molecular complexity index is 1370. The molecule has 4 aromatic rings. The van der Waals surface area contributed by atoms with Crippen molar-refractivity contribution < 1.29 is 14.3 Å². The highest BCUT2D eigenvalue weighted by molar-refractivity contribution is 6.07. The first-order valence-electron chi connectivity index (χ1n) is 11.6. The minimum atomic E-state index is -0.0968. The summed E-state index contributed by atoms with van der Waals surface area (Å²) in [4.78, 5) is 20.7. The first kappa shape index (κ1) is 20.7. The number of rotatable bonds is 6. The normalized spacial score (nSPS) is 17.6. The van der Waals surface area contributed by atoms with Crippen molar-refractivity contribution in [2.75, 3.05) is 25.1 Å². The van der Waals surface area contributed by atoms with Gasteiger partial charge in [0.25, 0.3) is 5.91 Å². The van der Waals surface area contributed by atoms with Gasteiger partial charge in [-0.3, -0.25) is 14.5 Å². The summed E-state index contributed by atoms with van der Waals surface area (Å²) in [6.45, 7) is 1.85. The molecule has 2 aliphatic heterocycles. The van der Waals surface area contributed by atoms with E-state index in [4.69, 9.17) is 9.47 Å². The van der Waals surface area contributed by atoms with Crippen LogP contribution in [0, 0.1) is 0 Å². The Hall–Kier alpha value is -3.85. The van der Waals surface area contributed by atoms with Crippen LogP contribution in [0.5, 0.6) is 5.75 Å². The van der Waals surface area contributed by atoms with E-state index in [9.17, 15) is 4.79 Å². The standard InChI is InChI=1S/C25H26N6O3/c1-31-20-6-2-5-18(17(20)12-28-31)29-24-22-19(8-10-27-25(22)32)30-23(24)16-7-9-26-13-21(16)34-14-15-4-3-11-33-15/h2,5-7,9,12-13,15,29-30H,3-4,8,10-11,14H2,1H3,(H,27,32). The van der Waals surface area contributed by atoms with E-state index in [1.807, 2.05) is 42.2 Å². The Morgan fingerprint density at radius 3 is 3.12 bits per heavy atom. The van der Waals surface area contributed by atoms with Crippen molar-refractivity contribution >= 4 is 28.2 Å². The fraction of sp³-hybridized carbons (Fsp3) is 0.320. The largest absolute Gasteiger partial charge is 0.489 e. The molecule has 0 aliphatic carbocycles. The predicted molar refractivity (Wildman–Crippen MR) is 129 cm³/mol. The predicted octanol–water partition coefficient (Wildman–Crippen LogP) is 3.55. The van der Waals surface area contributed by atoms with Crippen LogP contribution < -0.4 is 15.4 Å². The number of H-pyrrole nitrogens is 1. The molecule has 9 heteroatoms. The number of benzene rings is 1. The van der Waals surface area contributed by atoms with E-state index in [0.29, 0.717) is 24.5 Å². The molecule has 1 saturated heterocycles. The van der Waals surface area contributed by atoms with Crippen molar-refractivity contribution in [2.24, 2.45) is 7.05 Å². The van der Waals surface area contributed by atoms with E-state index in [1.54, 1.807) is 12.4 Å². The molecule has 2 aliphatic rings. The minimum Gasteiger partial charge on any atom is -0.489 e. The number of carbonyl (C=O) groups excluding carboxylic acids is 1. The van der Waals surface area contributed by atoms with Crippen LogP contribution in [0.3, 0.4) is 0 Å². The third-order valence-electron chi connectivity index (χ3n) is 6.52. The summed E-state index contributed by atoms with van der Waals surface area (Å²) in [5.74, 6) is 0.556.